The Hall–Kier alpha value is -0.450. The molecule has 0 fully saturated rings. The van der Waals surface area contributed by atoms with Crippen LogP contribution in [0.15, 0.2) is 12.1 Å². The van der Waals surface area contributed by atoms with Crippen molar-refractivity contribution in [3.05, 3.63) is 34.6 Å². The molecule has 0 radical (unpaired) electrons. The summed E-state index contributed by atoms with van der Waals surface area (Å²) in [5.41, 5.74) is 0.123. The van der Waals surface area contributed by atoms with Gasteiger partial charge in [-0.15, -0.1) is 0 Å². The van der Waals surface area contributed by atoms with Gasteiger partial charge in [-0.05, 0) is 30.5 Å². The van der Waals surface area contributed by atoms with Gasteiger partial charge in [0.1, 0.15) is 11.4 Å². The minimum Gasteiger partial charge on any atom is -0.393 e. The predicted molar refractivity (Wildman–Crippen MR) is 60.7 cm³/mol. The molecule has 15 heavy (non-hydrogen) atoms. The Kier molecular flexibility index (Phi) is 3.87. The molecule has 0 saturated carbocycles. The van der Waals surface area contributed by atoms with Gasteiger partial charge in [0.15, 0.2) is 0 Å². The highest BCUT2D eigenvalue weighted by Gasteiger charge is 2.28. The largest absolute Gasteiger partial charge is 0.393 e. The molecule has 0 aliphatic heterocycles. The first kappa shape index (κ1) is 12.6. The van der Waals surface area contributed by atoms with Crippen molar-refractivity contribution in [3.63, 3.8) is 0 Å². The van der Waals surface area contributed by atoms with Crippen LogP contribution in [0.4, 0.5) is 4.39 Å². The van der Waals surface area contributed by atoms with Crippen LogP contribution in [0.5, 0.6) is 0 Å². The van der Waals surface area contributed by atoms with Crippen LogP contribution in [-0.4, -0.2) is 22.2 Å². The average Bonchev–Trinajstić information content (AvgIpc) is 2.24. The zero-order chi connectivity index (χ0) is 11.6. The normalized spacial score (nSPS) is 15.1. The number of alkyl halides is 1. The minimum atomic E-state index is -1.34. The molecular formula is C11H14BrFO2. The lowest BCUT2D eigenvalue weighted by atomic mass is 9.93. The van der Waals surface area contributed by atoms with Gasteiger partial charge in [0.25, 0.3) is 0 Å². The minimum absolute atomic E-state index is 0.209. The van der Waals surface area contributed by atoms with E-state index in [9.17, 15) is 9.50 Å². The zero-order valence-corrected chi connectivity index (χ0v) is 10.3. The van der Waals surface area contributed by atoms with E-state index >= 15 is 0 Å². The highest BCUT2D eigenvalue weighted by molar-refractivity contribution is 9.09. The smallest absolute Gasteiger partial charge is 0.129 e. The molecule has 0 saturated heterocycles. The number of aliphatic hydroxyl groups excluding tert-OH is 1. The first-order valence-corrected chi connectivity index (χ1v) is 5.73. The molecule has 4 heteroatoms. The molecular weight excluding hydrogens is 263 g/mol. The highest BCUT2D eigenvalue weighted by atomic mass is 79.9. The average molecular weight is 277 g/mol. The van der Waals surface area contributed by atoms with Crippen LogP contribution in [-0.2, 0) is 5.60 Å². The van der Waals surface area contributed by atoms with E-state index in [1.54, 1.807) is 26.0 Å². The van der Waals surface area contributed by atoms with Crippen molar-refractivity contribution in [1.29, 1.82) is 0 Å². The van der Waals surface area contributed by atoms with Crippen LogP contribution in [0.2, 0.25) is 0 Å². The summed E-state index contributed by atoms with van der Waals surface area (Å²) in [5.74, 6) is -0.270. The molecule has 84 valence electrons. The second kappa shape index (κ2) is 4.60. The summed E-state index contributed by atoms with van der Waals surface area (Å²) in [6, 6.07) is 3.11. The molecule has 2 N–H and O–H groups in total. The maximum atomic E-state index is 13.4. The second-order valence-electron chi connectivity index (χ2n) is 3.75. The van der Waals surface area contributed by atoms with Crippen molar-refractivity contribution in [3.8, 4) is 0 Å². The van der Waals surface area contributed by atoms with E-state index in [4.69, 9.17) is 5.11 Å². The number of benzene rings is 1. The van der Waals surface area contributed by atoms with Gasteiger partial charge in [-0.2, -0.15) is 0 Å². The van der Waals surface area contributed by atoms with Crippen LogP contribution < -0.4 is 0 Å². The van der Waals surface area contributed by atoms with Crippen LogP contribution in [0.3, 0.4) is 0 Å². The predicted octanol–water partition coefficient (Wildman–Crippen LogP) is 2.02. The van der Waals surface area contributed by atoms with Crippen LogP contribution in [0.25, 0.3) is 0 Å². The first-order chi connectivity index (χ1) is 6.94. The third-order valence-electron chi connectivity index (χ3n) is 2.46. The Morgan fingerprint density at radius 1 is 1.33 bits per heavy atom. The molecule has 0 aromatic heterocycles. The van der Waals surface area contributed by atoms with E-state index in [-0.39, 0.29) is 11.1 Å². The second-order valence-corrected chi connectivity index (χ2v) is 4.31. The molecule has 0 aliphatic rings. The molecule has 0 spiro atoms. The van der Waals surface area contributed by atoms with Crippen molar-refractivity contribution >= 4 is 15.9 Å². The molecule has 1 rings (SSSR count). The summed E-state index contributed by atoms with van der Waals surface area (Å²) in [5, 5.41) is 19.3. The number of aliphatic hydroxyl groups is 2. The van der Waals surface area contributed by atoms with Gasteiger partial charge in [0, 0.05) is 5.33 Å². The monoisotopic (exact) mass is 276 g/mol. The number of hydrogen-bond donors (Lipinski definition) is 2. The maximum Gasteiger partial charge on any atom is 0.129 e. The van der Waals surface area contributed by atoms with Gasteiger partial charge < -0.3 is 10.2 Å². The van der Waals surface area contributed by atoms with Crippen molar-refractivity contribution < 1.29 is 14.6 Å². The summed E-state index contributed by atoms with van der Waals surface area (Å²) in [7, 11) is 0. The number of hydrogen-bond acceptors (Lipinski definition) is 2. The molecule has 1 atom stereocenters. The van der Waals surface area contributed by atoms with Crippen molar-refractivity contribution in [2.75, 3.05) is 11.9 Å². The van der Waals surface area contributed by atoms with E-state index in [1.807, 2.05) is 0 Å². The highest BCUT2D eigenvalue weighted by Crippen LogP contribution is 2.26. The summed E-state index contributed by atoms with van der Waals surface area (Å²) >= 11 is 3.13. The van der Waals surface area contributed by atoms with Gasteiger partial charge in [-0.25, -0.2) is 4.39 Å². The van der Waals surface area contributed by atoms with Gasteiger partial charge >= 0.3 is 0 Å². The number of aryl methyl sites for hydroxylation is 2. The lowest BCUT2D eigenvalue weighted by Gasteiger charge is -2.24. The summed E-state index contributed by atoms with van der Waals surface area (Å²) in [6.07, 6.45) is 0. The lowest BCUT2D eigenvalue weighted by molar-refractivity contribution is 0.00307. The lowest BCUT2D eigenvalue weighted by Crippen LogP contribution is -2.32. The van der Waals surface area contributed by atoms with E-state index < -0.39 is 12.2 Å². The van der Waals surface area contributed by atoms with E-state index in [1.165, 1.54) is 0 Å². The Bertz CT molecular complexity index is 339. The number of halogens is 2. The van der Waals surface area contributed by atoms with Gasteiger partial charge in [-0.3, -0.25) is 0 Å². The van der Waals surface area contributed by atoms with Gasteiger partial charge in [0.05, 0.1) is 6.61 Å². The van der Waals surface area contributed by atoms with Crippen LogP contribution >= 0.6 is 15.9 Å². The third kappa shape index (κ3) is 2.38. The zero-order valence-electron chi connectivity index (χ0n) is 8.72. The summed E-state index contributed by atoms with van der Waals surface area (Å²) in [6.45, 7) is 2.87. The fraction of sp³-hybridized carbons (Fsp3) is 0.455. The maximum absolute atomic E-state index is 13.4. The van der Waals surface area contributed by atoms with Gasteiger partial charge in [0.2, 0.25) is 0 Å². The molecule has 1 aromatic rings. The van der Waals surface area contributed by atoms with Crippen molar-refractivity contribution in [1.82, 2.24) is 0 Å². The topological polar surface area (TPSA) is 40.5 Å². The molecule has 0 heterocycles. The molecule has 0 amide bonds. The quantitative estimate of drug-likeness (QED) is 0.830. The van der Waals surface area contributed by atoms with Crippen molar-refractivity contribution in [2.24, 2.45) is 0 Å². The Morgan fingerprint density at radius 2 is 1.80 bits per heavy atom. The SMILES string of the molecule is Cc1cc([C@@](O)(CO)CBr)cc(C)c1F. The summed E-state index contributed by atoms with van der Waals surface area (Å²) in [4.78, 5) is 0. The van der Waals surface area contributed by atoms with Crippen LogP contribution in [0, 0.1) is 19.7 Å². The Labute approximate surface area is 96.9 Å². The first-order valence-electron chi connectivity index (χ1n) is 4.61. The van der Waals surface area contributed by atoms with Gasteiger partial charge in [-0.1, -0.05) is 28.1 Å². The Morgan fingerprint density at radius 3 is 2.13 bits per heavy atom. The van der Waals surface area contributed by atoms with Crippen molar-refractivity contribution in [2.45, 2.75) is 19.4 Å². The van der Waals surface area contributed by atoms with E-state index in [0.717, 1.165) is 0 Å². The Balaban J connectivity index is 3.27. The molecule has 0 aliphatic carbocycles. The van der Waals surface area contributed by atoms with Crippen LogP contribution in [0.1, 0.15) is 16.7 Å². The third-order valence-corrected chi connectivity index (χ3v) is 3.38. The van der Waals surface area contributed by atoms with E-state index in [0.29, 0.717) is 16.7 Å². The fourth-order valence-corrected chi connectivity index (χ4v) is 1.93. The standard InChI is InChI=1S/C11H14BrFO2/c1-7-3-9(4-8(2)10(7)13)11(15,5-12)6-14/h3-4,14-15H,5-6H2,1-2H3/t11-/m0/s1. The molecule has 0 unspecified atom stereocenters. The molecule has 1 aromatic carbocycles. The molecule has 2 nitrogen and oxygen atoms in total. The fourth-order valence-electron chi connectivity index (χ4n) is 1.43. The molecule has 0 bridgehead atoms. The van der Waals surface area contributed by atoms with E-state index in [2.05, 4.69) is 15.9 Å². The number of rotatable bonds is 3. The summed E-state index contributed by atoms with van der Waals surface area (Å²) < 4.78 is 13.4.